The summed E-state index contributed by atoms with van der Waals surface area (Å²) in [5, 5.41) is 11.8. The molecule has 170 valence electrons. The lowest BCUT2D eigenvalue weighted by Gasteiger charge is -2.44. The van der Waals surface area contributed by atoms with Gasteiger partial charge in [-0.25, -0.2) is 0 Å². The lowest BCUT2D eigenvalue weighted by molar-refractivity contribution is -0.384. The number of likely N-dealkylation sites (tertiary alicyclic amines) is 2. The van der Waals surface area contributed by atoms with Crippen LogP contribution < -0.4 is 0 Å². The largest absolute Gasteiger partial charge is 0.294 e. The zero-order valence-corrected chi connectivity index (χ0v) is 19.0. The average Bonchev–Trinajstić information content (AvgIpc) is 2.84. The molecule has 0 radical (unpaired) electrons. The molecular formula is C25H30ClN3O3. The molecule has 0 bridgehead atoms. The van der Waals surface area contributed by atoms with Gasteiger partial charge in [0.15, 0.2) is 5.78 Å². The highest BCUT2D eigenvalue weighted by Gasteiger charge is 2.39. The van der Waals surface area contributed by atoms with Crippen LogP contribution in [-0.2, 0) is 0 Å². The highest BCUT2D eigenvalue weighted by Crippen LogP contribution is 2.34. The zero-order valence-electron chi connectivity index (χ0n) is 18.3. The maximum absolute atomic E-state index is 14.0. The summed E-state index contributed by atoms with van der Waals surface area (Å²) in [6, 6.07) is 13.5. The Morgan fingerprint density at radius 1 is 0.812 bits per heavy atom. The number of halogens is 1. The van der Waals surface area contributed by atoms with E-state index in [1.165, 1.54) is 12.8 Å². The number of non-ortho nitro benzene ring substituents is 1. The summed E-state index contributed by atoms with van der Waals surface area (Å²) in [6.07, 6.45) is 6.75. The molecule has 2 atom stereocenters. The van der Waals surface area contributed by atoms with Crippen molar-refractivity contribution in [3.05, 3.63) is 74.8 Å². The average molecular weight is 456 g/mol. The minimum absolute atomic E-state index is 0.0738. The molecule has 0 aromatic heterocycles. The van der Waals surface area contributed by atoms with Gasteiger partial charge in [-0.2, -0.15) is 0 Å². The topological polar surface area (TPSA) is 66.7 Å². The number of rotatable bonds is 7. The molecule has 2 aromatic rings. The van der Waals surface area contributed by atoms with Gasteiger partial charge in [0.05, 0.1) is 17.0 Å². The third-order valence-electron chi connectivity index (χ3n) is 6.71. The second-order valence-electron chi connectivity index (χ2n) is 8.80. The van der Waals surface area contributed by atoms with Gasteiger partial charge in [-0.3, -0.25) is 24.7 Å². The number of hydrogen-bond donors (Lipinski definition) is 0. The summed E-state index contributed by atoms with van der Waals surface area (Å²) >= 11 is 6.08. The van der Waals surface area contributed by atoms with Crippen LogP contribution in [0.1, 0.15) is 60.5 Å². The first-order valence-electron chi connectivity index (χ1n) is 11.6. The highest BCUT2D eigenvalue weighted by atomic mass is 35.5. The van der Waals surface area contributed by atoms with E-state index in [1.54, 1.807) is 24.3 Å². The molecule has 7 heteroatoms. The maximum atomic E-state index is 14.0. The van der Waals surface area contributed by atoms with E-state index in [-0.39, 0.29) is 28.5 Å². The van der Waals surface area contributed by atoms with Crippen molar-refractivity contribution in [1.29, 1.82) is 0 Å². The van der Waals surface area contributed by atoms with Crippen LogP contribution >= 0.6 is 11.6 Å². The number of nitro benzene ring substituents is 1. The Labute approximate surface area is 194 Å². The van der Waals surface area contributed by atoms with E-state index in [0.717, 1.165) is 57.4 Å². The van der Waals surface area contributed by atoms with Crippen LogP contribution in [0.4, 0.5) is 5.69 Å². The van der Waals surface area contributed by atoms with Crippen molar-refractivity contribution in [1.82, 2.24) is 9.80 Å². The van der Waals surface area contributed by atoms with Crippen molar-refractivity contribution < 1.29 is 9.72 Å². The third kappa shape index (κ3) is 5.20. The monoisotopic (exact) mass is 455 g/mol. The first-order valence-corrected chi connectivity index (χ1v) is 11.9. The molecule has 2 heterocycles. The molecule has 2 aliphatic heterocycles. The number of benzene rings is 2. The van der Waals surface area contributed by atoms with Crippen LogP contribution in [0.3, 0.4) is 0 Å². The van der Waals surface area contributed by atoms with Gasteiger partial charge in [-0.15, -0.1) is 0 Å². The van der Waals surface area contributed by atoms with E-state index in [0.29, 0.717) is 10.6 Å². The predicted octanol–water partition coefficient (Wildman–Crippen LogP) is 5.51. The molecule has 2 saturated heterocycles. The first kappa shape index (κ1) is 22.9. The third-order valence-corrected chi connectivity index (χ3v) is 6.96. The molecule has 2 aliphatic rings. The number of ketones is 1. The van der Waals surface area contributed by atoms with Crippen LogP contribution in [0, 0.1) is 10.1 Å². The minimum atomic E-state index is -0.374. The van der Waals surface area contributed by atoms with Gasteiger partial charge in [0, 0.05) is 22.7 Å². The number of nitro groups is 1. The van der Waals surface area contributed by atoms with Gasteiger partial charge >= 0.3 is 0 Å². The van der Waals surface area contributed by atoms with Crippen molar-refractivity contribution in [3.63, 3.8) is 0 Å². The van der Waals surface area contributed by atoms with E-state index >= 15 is 0 Å². The number of Topliss-reactive ketones (excluding diaryl/α,β-unsaturated/α-hetero) is 1. The molecule has 0 unspecified atom stereocenters. The molecule has 0 spiro atoms. The lowest BCUT2D eigenvalue weighted by atomic mass is 9.87. The molecule has 0 aliphatic carbocycles. The summed E-state index contributed by atoms with van der Waals surface area (Å²) in [7, 11) is 0. The van der Waals surface area contributed by atoms with Crippen molar-refractivity contribution in [2.75, 3.05) is 26.2 Å². The molecule has 32 heavy (non-hydrogen) atoms. The second kappa shape index (κ2) is 10.6. The fourth-order valence-electron chi connectivity index (χ4n) is 5.07. The van der Waals surface area contributed by atoms with E-state index in [9.17, 15) is 14.9 Å². The first-order chi connectivity index (χ1) is 15.5. The molecule has 0 N–H and O–H groups in total. The van der Waals surface area contributed by atoms with Gasteiger partial charge in [-0.1, -0.05) is 36.6 Å². The van der Waals surface area contributed by atoms with Crippen LogP contribution in [0.5, 0.6) is 0 Å². The van der Waals surface area contributed by atoms with Gasteiger partial charge in [0.2, 0.25) is 0 Å². The molecule has 2 aromatic carbocycles. The Hall–Kier alpha value is -2.28. The maximum Gasteiger partial charge on any atom is 0.269 e. The summed E-state index contributed by atoms with van der Waals surface area (Å²) < 4.78 is 0. The van der Waals surface area contributed by atoms with Crippen LogP contribution in [-0.4, -0.2) is 52.7 Å². The molecule has 2 fully saturated rings. The van der Waals surface area contributed by atoms with Crippen LogP contribution in [0.15, 0.2) is 48.5 Å². The quantitative estimate of drug-likeness (QED) is 0.312. The highest BCUT2D eigenvalue weighted by molar-refractivity contribution is 6.30. The van der Waals surface area contributed by atoms with E-state index in [1.807, 2.05) is 24.3 Å². The number of hydrogen-bond acceptors (Lipinski definition) is 5. The summed E-state index contributed by atoms with van der Waals surface area (Å²) in [6.45, 7) is 3.64. The molecular weight excluding hydrogens is 426 g/mol. The Balaban J connectivity index is 1.76. The fourth-order valence-corrected chi connectivity index (χ4v) is 5.20. The number of piperidine rings is 2. The van der Waals surface area contributed by atoms with E-state index in [4.69, 9.17) is 11.6 Å². The number of nitrogens with zero attached hydrogens (tertiary/aromatic N) is 3. The predicted molar refractivity (Wildman–Crippen MR) is 126 cm³/mol. The summed E-state index contributed by atoms with van der Waals surface area (Å²) in [5.74, 6) is 0.0949. The van der Waals surface area contributed by atoms with Gasteiger partial charge in [-0.05, 0) is 81.7 Å². The van der Waals surface area contributed by atoms with Crippen LogP contribution in [0.25, 0.3) is 0 Å². The van der Waals surface area contributed by atoms with Crippen molar-refractivity contribution in [3.8, 4) is 0 Å². The fraction of sp³-hybridized carbons (Fsp3) is 0.480. The Morgan fingerprint density at radius 2 is 1.34 bits per heavy atom. The number of carbonyl (C=O) groups is 1. The van der Waals surface area contributed by atoms with Crippen molar-refractivity contribution in [2.45, 2.75) is 50.6 Å². The normalized spacial score (nSPS) is 19.9. The molecule has 4 rings (SSSR count). The standard InChI is InChI=1S/C25H30ClN3O3/c26-21-11-7-20(8-12-21)25(30)24(28-17-5-2-6-18-28)23(27-15-3-1-4-16-27)19-9-13-22(14-10-19)29(31)32/h7-14,23-24H,1-6,15-18H2/t23-,24-/m0/s1. The van der Waals surface area contributed by atoms with Gasteiger partial charge in [0.1, 0.15) is 0 Å². The van der Waals surface area contributed by atoms with Crippen molar-refractivity contribution in [2.24, 2.45) is 0 Å². The molecule has 0 amide bonds. The van der Waals surface area contributed by atoms with Gasteiger partial charge < -0.3 is 0 Å². The van der Waals surface area contributed by atoms with E-state index in [2.05, 4.69) is 9.80 Å². The molecule has 6 nitrogen and oxygen atoms in total. The smallest absolute Gasteiger partial charge is 0.269 e. The SMILES string of the molecule is O=C(c1ccc(Cl)cc1)[C@H]([C@H](c1ccc([N+](=O)[O-])cc1)N1CCCCC1)N1CCCCC1. The second-order valence-corrected chi connectivity index (χ2v) is 9.24. The summed E-state index contributed by atoms with van der Waals surface area (Å²) in [5.41, 5.74) is 1.70. The number of carbonyl (C=O) groups excluding carboxylic acids is 1. The Bertz CT molecular complexity index is 920. The van der Waals surface area contributed by atoms with Gasteiger partial charge in [0.25, 0.3) is 5.69 Å². The van der Waals surface area contributed by atoms with Crippen molar-refractivity contribution >= 4 is 23.1 Å². The Kier molecular flexibility index (Phi) is 7.55. The minimum Gasteiger partial charge on any atom is -0.294 e. The molecule has 0 saturated carbocycles. The lowest BCUT2D eigenvalue weighted by Crippen LogP contribution is -2.53. The summed E-state index contributed by atoms with van der Waals surface area (Å²) in [4.78, 5) is 29.6. The van der Waals surface area contributed by atoms with E-state index < -0.39 is 0 Å². The zero-order chi connectivity index (χ0) is 22.5. The van der Waals surface area contributed by atoms with Crippen LogP contribution in [0.2, 0.25) is 5.02 Å². The Morgan fingerprint density at radius 3 is 1.88 bits per heavy atom.